The molecule has 198 valence electrons. The number of piperazine rings is 1. The van der Waals surface area contributed by atoms with E-state index in [0.717, 1.165) is 36.5 Å². The summed E-state index contributed by atoms with van der Waals surface area (Å²) < 4.78 is 7.03. The number of benzene rings is 1. The standard InChI is InChI=1S/C30H31N7O2/c1-5-9-22(10-6-2)26-19-27(38)35(4)30(32-26)37-18-17-36(20-21(37)3)24-14-12-23(13-15-24)28-33-29(39-34-28)25-11-7-8-16-31-25/h5-16,19,21H,1,17-18,20H2,2-4H3/b10-6-,22-9+/t21-/m1/s1. The highest BCUT2D eigenvalue weighted by Gasteiger charge is 2.27. The van der Waals surface area contributed by atoms with Crippen LogP contribution >= 0.6 is 0 Å². The van der Waals surface area contributed by atoms with Crippen LogP contribution in [0.2, 0.25) is 0 Å². The van der Waals surface area contributed by atoms with Gasteiger partial charge in [-0.3, -0.25) is 14.3 Å². The lowest BCUT2D eigenvalue weighted by Crippen LogP contribution is -2.53. The largest absolute Gasteiger partial charge is 0.368 e. The van der Waals surface area contributed by atoms with Crippen molar-refractivity contribution in [2.24, 2.45) is 7.05 Å². The van der Waals surface area contributed by atoms with Crippen LogP contribution in [-0.4, -0.2) is 50.4 Å². The molecule has 5 rings (SSSR count). The first-order chi connectivity index (χ1) is 19.0. The van der Waals surface area contributed by atoms with Gasteiger partial charge in [-0.15, -0.1) is 0 Å². The zero-order valence-electron chi connectivity index (χ0n) is 22.4. The van der Waals surface area contributed by atoms with Gasteiger partial charge in [0.25, 0.3) is 11.4 Å². The molecule has 1 atom stereocenters. The first-order valence-electron chi connectivity index (χ1n) is 12.9. The van der Waals surface area contributed by atoms with Gasteiger partial charge in [0.05, 0.1) is 5.69 Å². The van der Waals surface area contributed by atoms with Gasteiger partial charge in [0.2, 0.25) is 11.8 Å². The molecule has 0 radical (unpaired) electrons. The maximum Gasteiger partial charge on any atom is 0.276 e. The van der Waals surface area contributed by atoms with E-state index in [2.05, 4.69) is 50.6 Å². The van der Waals surface area contributed by atoms with Crippen molar-refractivity contribution in [1.29, 1.82) is 0 Å². The van der Waals surface area contributed by atoms with Gasteiger partial charge < -0.3 is 14.3 Å². The smallest absolute Gasteiger partial charge is 0.276 e. The van der Waals surface area contributed by atoms with Gasteiger partial charge in [0.1, 0.15) is 5.69 Å². The van der Waals surface area contributed by atoms with Crippen molar-refractivity contribution in [2.75, 3.05) is 29.4 Å². The molecule has 0 amide bonds. The minimum Gasteiger partial charge on any atom is -0.368 e. The summed E-state index contributed by atoms with van der Waals surface area (Å²) in [5.41, 5.74) is 4.03. The van der Waals surface area contributed by atoms with Crippen molar-refractivity contribution < 1.29 is 4.52 Å². The number of rotatable bonds is 7. The van der Waals surface area contributed by atoms with Crippen LogP contribution in [0.1, 0.15) is 19.5 Å². The van der Waals surface area contributed by atoms with Crippen LogP contribution in [0.4, 0.5) is 11.6 Å². The van der Waals surface area contributed by atoms with E-state index >= 15 is 0 Å². The van der Waals surface area contributed by atoms with Crippen molar-refractivity contribution >= 4 is 17.2 Å². The van der Waals surface area contributed by atoms with E-state index < -0.39 is 0 Å². The molecule has 0 saturated carbocycles. The highest BCUT2D eigenvalue weighted by molar-refractivity contribution is 5.73. The van der Waals surface area contributed by atoms with Crippen molar-refractivity contribution in [3.8, 4) is 23.0 Å². The van der Waals surface area contributed by atoms with Crippen LogP contribution < -0.4 is 15.4 Å². The maximum absolute atomic E-state index is 12.8. The zero-order chi connectivity index (χ0) is 27.4. The summed E-state index contributed by atoms with van der Waals surface area (Å²) >= 11 is 0. The molecule has 39 heavy (non-hydrogen) atoms. The lowest BCUT2D eigenvalue weighted by molar-refractivity contribution is 0.431. The summed E-state index contributed by atoms with van der Waals surface area (Å²) in [4.78, 5) is 31.0. The monoisotopic (exact) mass is 521 g/mol. The van der Waals surface area contributed by atoms with E-state index in [1.54, 1.807) is 30.0 Å². The molecule has 9 heteroatoms. The summed E-state index contributed by atoms with van der Waals surface area (Å²) in [6.07, 6.45) is 9.14. The molecule has 1 saturated heterocycles. The van der Waals surface area contributed by atoms with Crippen molar-refractivity contribution in [3.05, 3.63) is 102 Å². The average Bonchev–Trinajstić information content (AvgIpc) is 3.46. The summed E-state index contributed by atoms with van der Waals surface area (Å²) in [6, 6.07) is 15.4. The number of allylic oxidation sites excluding steroid dienone is 5. The molecule has 1 aliphatic rings. The summed E-state index contributed by atoms with van der Waals surface area (Å²) in [5.74, 6) is 1.58. The lowest BCUT2D eigenvalue weighted by atomic mass is 10.1. The third kappa shape index (κ3) is 5.43. The van der Waals surface area contributed by atoms with Crippen LogP contribution in [0.3, 0.4) is 0 Å². The van der Waals surface area contributed by atoms with Gasteiger partial charge in [-0.05, 0) is 50.2 Å². The minimum atomic E-state index is -0.0904. The van der Waals surface area contributed by atoms with E-state index in [9.17, 15) is 4.79 Å². The van der Waals surface area contributed by atoms with Crippen LogP contribution in [0.15, 0.2) is 94.9 Å². The molecule has 1 aliphatic heterocycles. The Morgan fingerprint density at radius 2 is 1.95 bits per heavy atom. The van der Waals surface area contributed by atoms with Gasteiger partial charge >= 0.3 is 0 Å². The molecule has 0 bridgehead atoms. The first-order valence-corrected chi connectivity index (χ1v) is 12.9. The Balaban J connectivity index is 1.32. The average molecular weight is 522 g/mol. The quantitative estimate of drug-likeness (QED) is 0.322. The van der Waals surface area contributed by atoms with E-state index in [1.807, 2.05) is 55.5 Å². The van der Waals surface area contributed by atoms with Gasteiger partial charge in [0.15, 0.2) is 0 Å². The second-order valence-corrected chi connectivity index (χ2v) is 9.37. The highest BCUT2D eigenvalue weighted by atomic mass is 16.5. The predicted molar refractivity (Wildman–Crippen MR) is 154 cm³/mol. The number of aromatic nitrogens is 5. The van der Waals surface area contributed by atoms with E-state index in [0.29, 0.717) is 29.1 Å². The molecule has 0 aliphatic carbocycles. The van der Waals surface area contributed by atoms with Gasteiger partial charge in [0, 0.05) is 61.8 Å². The fourth-order valence-electron chi connectivity index (χ4n) is 4.71. The lowest BCUT2D eigenvalue weighted by Gasteiger charge is -2.42. The molecule has 1 fully saturated rings. The molecule has 0 N–H and O–H groups in total. The number of hydrogen-bond donors (Lipinski definition) is 0. The number of hydrogen-bond acceptors (Lipinski definition) is 8. The second kappa shape index (κ2) is 11.3. The van der Waals surface area contributed by atoms with E-state index in [-0.39, 0.29) is 11.6 Å². The van der Waals surface area contributed by atoms with E-state index in [1.165, 1.54) is 0 Å². The maximum atomic E-state index is 12.8. The number of anilines is 2. The molecule has 0 spiro atoms. The Kier molecular flexibility index (Phi) is 7.49. The van der Waals surface area contributed by atoms with Crippen molar-refractivity contribution in [2.45, 2.75) is 19.9 Å². The van der Waals surface area contributed by atoms with Gasteiger partial charge in [-0.2, -0.15) is 4.98 Å². The van der Waals surface area contributed by atoms with Gasteiger partial charge in [-0.25, -0.2) is 4.98 Å². The molecular formula is C30H31N7O2. The van der Waals surface area contributed by atoms with Crippen LogP contribution in [0, 0.1) is 0 Å². The molecule has 9 nitrogen and oxygen atoms in total. The fourth-order valence-corrected chi connectivity index (χ4v) is 4.71. The first kappa shape index (κ1) is 25.8. The normalized spacial score (nSPS) is 16.2. The Hall–Kier alpha value is -4.79. The Morgan fingerprint density at radius 1 is 1.13 bits per heavy atom. The van der Waals surface area contributed by atoms with Crippen LogP contribution in [0.25, 0.3) is 28.5 Å². The van der Waals surface area contributed by atoms with Crippen LogP contribution in [-0.2, 0) is 7.05 Å². The third-order valence-electron chi connectivity index (χ3n) is 6.74. The molecule has 3 aromatic heterocycles. The summed E-state index contributed by atoms with van der Waals surface area (Å²) in [7, 11) is 1.77. The van der Waals surface area contributed by atoms with Crippen molar-refractivity contribution in [3.63, 3.8) is 0 Å². The number of pyridine rings is 1. The van der Waals surface area contributed by atoms with Crippen molar-refractivity contribution in [1.82, 2.24) is 24.7 Å². The second-order valence-electron chi connectivity index (χ2n) is 9.37. The molecule has 0 unspecified atom stereocenters. The molecule has 4 heterocycles. The number of nitrogens with zero attached hydrogens (tertiary/aromatic N) is 7. The SMILES string of the molecule is C=C/C=C(\C=C/C)c1cc(=O)n(C)c(N2CCN(c3ccc(-c4noc(-c5ccccn5)n4)cc3)C[C@H]2C)n1. The van der Waals surface area contributed by atoms with Gasteiger partial charge in [-0.1, -0.05) is 42.1 Å². The van der Waals surface area contributed by atoms with Crippen LogP contribution in [0.5, 0.6) is 0 Å². The Morgan fingerprint density at radius 3 is 2.64 bits per heavy atom. The highest BCUT2D eigenvalue weighted by Crippen LogP contribution is 2.27. The molecular weight excluding hydrogens is 490 g/mol. The third-order valence-corrected chi connectivity index (χ3v) is 6.74. The Labute approximate surface area is 227 Å². The predicted octanol–water partition coefficient (Wildman–Crippen LogP) is 4.75. The Bertz CT molecular complexity index is 1570. The topological polar surface area (TPSA) is 93.2 Å². The zero-order valence-corrected chi connectivity index (χ0v) is 22.4. The van der Waals surface area contributed by atoms with E-state index in [4.69, 9.17) is 9.51 Å². The molecule has 4 aromatic rings. The molecule has 1 aromatic carbocycles. The minimum absolute atomic E-state index is 0.0904. The summed E-state index contributed by atoms with van der Waals surface area (Å²) in [6.45, 7) is 10.2. The summed E-state index contributed by atoms with van der Waals surface area (Å²) in [5, 5.41) is 4.12. The fraction of sp³-hybridized carbons (Fsp3) is 0.233.